The van der Waals surface area contributed by atoms with E-state index in [1.807, 2.05) is 49.5 Å². The molecule has 1 saturated heterocycles. The molecule has 1 N–H and O–H groups in total. The molecule has 1 atom stereocenters. The summed E-state index contributed by atoms with van der Waals surface area (Å²) in [7, 11) is 1.91. The molecule has 32 heavy (non-hydrogen) atoms. The Morgan fingerprint density at radius 2 is 2.00 bits per heavy atom. The van der Waals surface area contributed by atoms with Gasteiger partial charge in [0, 0.05) is 55.1 Å². The molecule has 0 unspecified atom stereocenters. The second-order valence-corrected chi connectivity index (χ2v) is 8.05. The Labute approximate surface area is 187 Å². The average molecular weight is 433 g/mol. The molecule has 0 bridgehead atoms. The van der Waals surface area contributed by atoms with Gasteiger partial charge in [0.15, 0.2) is 5.82 Å². The Morgan fingerprint density at radius 1 is 1.16 bits per heavy atom. The molecule has 9 nitrogen and oxygen atoms in total. The maximum Gasteiger partial charge on any atom is 0.247 e. The van der Waals surface area contributed by atoms with Gasteiger partial charge >= 0.3 is 0 Å². The van der Waals surface area contributed by atoms with Crippen LogP contribution in [-0.4, -0.2) is 47.1 Å². The van der Waals surface area contributed by atoms with E-state index in [9.17, 15) is 4.79 Å². The molecule has 1 fully saturated rings. The zero-order valence-electron chi connectivity index (χ0n) is 18.9. The Hall–Kier alpha value is -3.62. The molecule has 166 valence electrons. The van der Waals surface area contributed by atoms with E-state index < -0.39 is 0 Å². The van der Waals surface area contributed by atoms with E-state index in [4.69, 9.17) is 4.98 Å². The third kappa shape index (κ3) is 4.66. The minimum Gasteiger partial charge on any atom is -0.329 e. The Balaban J connectivity index is 1.58. The van der Waals surface area contributed by atoms with Crippen LogP contribution in [0.3, 0.4) is 0 Å². The number of hydrogen-bond acceptors (Lipinski definition) is 7. The minimum absolute atomic E-state index is 0.0362. The number of hydrogen-bond donors (Lipinski definition) is 1. The van der Waals surface area contributed by atoms with Gasteiger partial charge in [0.25, 0.3) is 0 Å². The summed E-state index contributed by atoms with van der Waals surface area (Å²) in [6, 6.07) is 1.69. The second kappa shape index (κ2) is 9.25. The SMILES string of the molecule is Cc1cc(Nc2cnccn2)nc([C@H]2CCCCN2C(=O)/C=C/c2c(C)nn(C)c2C)n1. The monoisotopic (exact) mass is 432 g/mol. The van der Waals surface area contributed by atoms with Crippen molar-refractivity contribution >= 4 is 23.6 Å². The van der Waals surface area contributed by atoms with Crippen LogP contribution in [-0.2, 0) is 11.8 Å². The van der Waals surface area contributed by atoms with Gasteiger partial charge in [-0.1, -0.05) is 0 Å². The first kappa shape index (κ1) is 21.6. The summed E-state index contributed by atoms with van der Waals surface area (Å²) in [4.78, 5) is 32.7. The van der Waals surface area contributed by atoms with Crippen LogP contribution in [0.2, 0.25) is 0 Å². The summed E-state index contributed by atoms with van der Waals surface area (Å²) in [5.74, 6) is 1.86. The average Bonchev–Trinajstić information content (AvgIpc) is 3.03. The van der Waals surface area contributed by atoms with Gasteiger partial charge in [-0.3, -0.25) is 14.5 Å². The molecule has 9 heteroatoms. The maximum absolute atomic E-state index is 13.2. The first-order valence-corrected chi connectivity index (χ1v) is 10.8. The highest BCUT2D eigenvalue weighted by Gasteiger charge is 2.29. The largest absolute Gasteiger partial charge is 0.329 e. The van der Waals surface area contributed by atoms with Crippen LogP contribution in [0.1, 0.15) is 53.8 Å². The van der Waals surface area contributed by atoms with Crippen molar-refractivity contribution in [2.24, 2.45) is 7.05 Å². The Morgan fingerprint density at radius 3 is 2.72 bits per heavy atom. The third-order valence-electron chi connectivity index (χ3n) is 5.73. The number of carbonyl (C=O) groups is 1. The van der Waals surface area contributed by atoms with E-state index in [2.05, 4.69) is 25.4 Å². The lowest BCUT2D eigenvalue weighted by molar-refractivity contribution is -0.129. The summed E-state index contributed by atoms with van der Waals surface area (Å²) < 4.78 is 1.83. The number of rotatable bonds is 5. The molecular formula is C23H28N8O. The van der Waals surface area contributed by atoms with Crippen LogP contribution >= 0.6 is 0 Å². The van der Waals surface area contributed by atoms with E-state index in [1.165, 1.54) is 0 Å². The molecule has 0 radical (unpaired) electrons. The summed E-state index contributed by atoms with van der Waals surface area (Å²) in [5, 5.41) is 7.60. The van der Waals surface area contributed by atoms with E-state index in [1.54, 1.807) is 24.7 Å². The van der Waals surface area contributed by atoms with Gasteiger partial charge in [-0.15, -0.1) is 0 Å². The standard InChI is InChI=1S/C23H28N8O/c1-15-13-20(27-21-14-24-10-11-25-21)28-23(26-15)19-7-5-6-12-31(19)22(32)9-8-18-16(2)29-30(4)17(18)3/h8-11,13-14,19H,5-7,12H2,1-4H3,(H,25,26,27,28)/b9-8+/t19-/m1/s1. The second-order valence-electron chi connectivity index (χ2n) is 8.05. The number of likely N-dealkylation sites (tertiary alicyclic amines) is 1. The van der Waals surface area contributed by atoms with Crippen molar-refractivity contribution in [2.75, 3.05) is 11.9 Å². The number of nitrogens with zero attached hydrogens (tertiary/aromatic N) is 7. The number of piperidine rings is 1. The quantitative estimate of drug-likeness (QED) is 0.616. The highest BCUT2D eigenvalue weighted by atomic mass is 16.2. The molecule has 1 amide bonds. The summed E-state index contributed by atoms with van der Waals surface area (Å²) in [6.45, 7) is 6.56. The zero-order valence-corrected chi connectivity index (χ0v) is 18.9. The van der Waals surface area contributed by atoms with Gasteiger partial charge in [0.1, 0.15) is 11.6 Å². The van der Waals surface area contributed by atoms with Gasteiger partial charge in [0.05, 0.1) is 17.9 Å². The van der Waals surface area contributed by atoms with Gasteiger partial charge in [0.2, 0.25) is 5.91 Å². The predicted molar refractivity (Wildman–Crippen MR) is 122 cm³/mol. The number of aryl methyl sites for hydroxylation is 3. The molecule has 3 aromatic heterocycles. The molecular weight excluding hydrogens is 404 g/mol. The fourth-order valence-electron chi connectivity index (χ4n) is 4.04. The predicted octanol–water partition coefficient (Wildman–Crippen LogP) is 3.44. The van der Waals surface area contributed by atoms with Crippen LogP contribution in [0, 0.1) is 20.8 Å². The van der Waals surface area contributed by atoms with Gasteiger partial charge < -0.3 is 10.2 Å². The Kier molecular flexibility index (Phi) is 6.25. The number of anilines is 2. The van der Waals surface area contributed by atoms with Crippen molar-refractivity contribution in [3.8, 4) is 0 Å². The van der Waals surface area contributed by atoms with Crippen LogP contribution in [0.25, 0.3) is 6.08 Å². The van der Waals surface area contributed by atoms with Gasteiger partial charge in [-0.05, 0) is 46.1 Å². The molecule has 3 aromatic rings. The van der Waals surface area contributed by atoms with Crippen molar-refractivity contribution in [1.82, 2.24) is 34.6 Å². The highest BCUT2D eigenvalue weighted by molar-refractivity contribution is 5.92. The highest BCUT2D eigenvalue weighted by Crippen LogP contribution is 2.30. The van der Waals surface area contributed by atoms with Gasteiger partial charge in [-0.25, -0.2) is 15.0 Å². The van der Waals surface area contributed by atoms with E-state index >= 15 is 0 Å². The van der Waals surface area contributed by atoms with Crippen molar-refractivity contribution < 1.29 is 4.79 Å². The van der Waals surface area contributed by atoms with Crippen molar-refractivity contribution in [3.63, 3.8) is 0 Å². The van der Waals surface area contributed by atoms with Crippen molar-refractivity contribution in [3.05, 3.63) is 59.2 Å². The lowest BCUT2D eigenvalue weighted by Gasteiger charge is -2.34. The van der Waals surface area contributed by atoms with Crippen LogP contribution in [0.5, 0.6) is 0 Å². The molecule has 0 saturated carbocycles. The molecule has 4 heterocycles. The summed E-state index contributed by atoms with van der Waals surface area (Å²) >= 11 is 0. The molecule has 4 rings (SSSR count). The number of aromatic nitrogens is 6. The number of nitrogens with one attached hydrogen (secondary N) is 1. The molecule has 1 aliphatic rings. The van der Waals surface area contributed by atoms with E-state index in [0.29, 0.717) is 24.0 Å². The first-order chi connectivity index (χ1) is 15.4. The van der Waals surface area contributed by atoms with Crippen LogP contribution in [0.4, 0.5) is 11.6 Å². The summed E-state index contributed by atoms with van der Waals surface area (Å²) in [5.41, 5.74) is 3.75. The third-order valence-corrected chi connectivity index (χ3v) is 5.73. The normalized spacial score (nSPS) is 16.5. The minimum atomic E-state index is -0.167. The molecule has 1 aliphatic heterocycles. The molecule has 0 aliphatic carbocycles. The van der Waals surface area contributed by atoms with E-state index in [-0.39, 0.29) is 11.9 Å². The van der Waals surface area contributed by atoms with Crippen molar-refractivity contribution in [2.45, 2.75) is 46.1 Å². The smallest absolute Gasteiger partial charge is 0.247 e. The lowest BCUT2D eigenvalue weighted by atomic mass is 10.0. The summed E-state index contributed by atoms with van der Waals surface area (Å²) in [6.07, 6.45) is 11.2. The number of amides is 1. The molecule has 0 aromatic carbocycles. The fourth-order valence-corrected chi connectivity index (χ4v) is 4.04. The zero-order chi connectivity index (χ0) is 22.7. The topological polar surface area (TPSA) is 102 Å². The fraction of sp³-hybridized carbons (Fsp3) is 0.391. The Bertz CT molecular complexity index is 1140. The number of carbonyl (C=O) groups excluding carboxylic acids is 1. The van der Waals surface area contributed by atoms with Crippen molar-refractivity contribution in [1.29, 1.82) is 0 Å². The first-order valence-electron chi connectivity index (χ1n) is 10.8. The van der Waals surface area contributed by atoms with E-state index in [0.717, 1.165) is 41.9 Å². The van der Waals surface area contributed by atoms with Gasteiger partial charge in [-0.2, -0.15) is 5.10 Å². The lowest BCUT2D eigenvalue weighted by Crippen LogP contribution is -2.38. The molecule has 0 spiro atoms. The maximum atomic E-state index is 13.2. The van der Waals surface area contributed by atoms with Crippen LogP contribution in [0.15, 0.2) is 30.7 Å². The van der Waals surface area contributed by atoms with Crippen LogP contribution < -0.4 is 5.32 Å².